The van der Waals surface area contributed by atoms with Crippen molar-refractivity contribution in [3.05, 3.63) is 16.1 Å². The third-order valence-electron chi connectivity index (χ3n) is 2.18. The van der Waals surface area contributed by atoms with Crippen LogP contribution in [0.25, 0.3) is 0 Å². The van der Waals surface area contributed by atoms with Crippen molar-refractivity contribution in [2.75, 3.05) is 13.2 Å². The number of fused-ring (bicyclic) bond motifs is 1. The molecule has 0 saturated carbocycles. The molecule has 17 heavy (non-hydrogen) atoms. The van der Waals surface area contributed by atoms with Gasteiger partial charge in [0.25, 0.3) is 5.78 Å². The van der Waals surface area contributed by atoms with E-state index < -0.39 is 23.1 Å². The van der Waals surface area contributed by atoms with Crippen molar-refractivity contribution in [3.63, 3.8) is 0 Å². The van der Waals surface area contributed by atoms with Gasteiger partial charge in [-0.2, -0.15) is 0 Å². The van der Waals surface area contributed by atoms with Crippen LogP contribution in [0.2, 0.25) is 0 Å². The second kappa shape index (κ2) is 4.25. The molecule has 1 aliphatic heterocycles. The number of hydrogen-bond donors (Lipinski definition) is 2. The maximum Gasteiger partial charge on any atom is 0.377 e. The minimum absolute atomic E-state index is 0.0376. The summed E-state index contributed by atoms with van der Waals surface area (Å²) in [7, 11) is 0. The van der Waals surface area contributed by atoms with Gasteiger partial charge in [-0.1, -0.05) is 0 Å². The maximum absolute atomic E-state index is 11.5. The molecule has 90 valence electrons. The number of ketones is 1. The number of halogens is 1. The topological polar surface area (TPSA) is 93.1 Å². The van der Waals surface area contributed by atoms with Gasteiger partial charge in [-0.3, -0.25) is 4.79 Å². The van der Waals surface area contributed by atoms with Gasteiger partial charge in [0.15, 0.2) is 11.5 Å². The standard InChI is InChI=1S/C10H7BrO6/c11-4-3-5-9(17-2-1-16-5)6(7(4)12)8(13)10(14)15/h3,12H,1-2H2,(H,14,15). The number of phenols is 1. The Morgan fingerprint density at radius 2 is 1.94 bits per heavy atom. The molecule has 1 heterocycles. The zero-order valence-electron chi connectivity index (χ0n) is 8.40. The quantitative estimate of drug-likeness (QED) is 0.630. The van der Waals surface area contributed by atoms with E-state index in [1.165, 1.54) is 6.07 Å². The Bertz CT molecular complexity index is 510. The van der Waals surface area contributed by atoms with Crippen molar-refractivity contribution in [3.8, 4) is 17.2 Å². The zero-order chi connectivity index (χ0) is 12.6. The number of hydrogen-bond acceptors (Lipinski definition) is 5. The van der Waals surface area contributed by atoms with Crippen molar-refractivity contribution >= 4 is 27.7 Å². The summed E-state index contributed by atoms with van der Waals surface area (Å²) < 4.78 is 10.6. The molecule has 6 nitrogen and oxygen atoms in total. The van der Waals surface area contributed by atoms with Gasteiger partial charge in [-0.15, -0.1) is 0 Å². The number of benzene rings is 1. The SMILES string of the molecule is O=C(O)C(=O)c1c(O)c(Br)cc2c1OCCO2. The van der Waals surface area contributed by atoms with Gasteiger partial charge in [-0.05, 0) is 15.9 Å². The Kier molecular flexibility index (Phi) is 2.93. The number of Topliss-reactive ketones (excluding diaryl/α,β-unsaturated/α-hetero) is 1. The summed E-state index contributed by atoms with van der Waals surface area (Å²) in [4.78, 5) is 22.2. The van der Waals surface area contributed by atoms with E-state index in [2.05, 4.69) is 15.9 Å². The Labute approximate surface area is 104 Å². The van der Waals surface area contributed by atoms with E-state index in [1.807, 2.05) is 0 Å². The average molecular weight is 303 g/mol. The number of ether oxygens (including phenoxy) is 2. The highest BCUT2D eigenvalue weighted by molar-refractivity contribution is 9.10. The fourth-order valence-corrected chi connectivity index (χ4v) is 1.87. The highest BCUT2D eigenvalue weighted by atomic mass is 79.9. The minimum Gasteiger partial charge on any atom is -0.506 e. The fourth-order valence-electron chi connectivity index (χ4n) is 1.46. The summed E-state index contributed by atoms with van der Waals surface area (Å²) in [5.41, 5.74) is -0.401. The molecule has 7 heteroatoms. The molecule has 2 rings (SSSR count). The molecule has 2 N–H and O–H groups in total. The van der Waals surface area contributed by atoms with Gasteiger partial charge in [0.05, 0.1) is 4.47 Å². The minimum atomic E-state index is -1.67. The number of aliphatic carboxylic acids is 1. The number of aromatic hydroxyl groups is 1. The molecule has 0 unspecified atom stereocenters. The van der Waals surface area contributed by atoms with Crippen molar-refractivity contribution < 1.29 is 29.3 Å². The molecule has 1 aliphatic rings. The highest BCUT2D eigenvalue weighted by Crippen LogP contribution is 2.43. The smallest absolute Gasteiger partial charge is 0.377 e. The van der Waals surface area contributed by atoms with Crippen LogP contribution < -0.4 is 9.47 Å². The number of carboxylic acids is 1. The van der Waals surface area contributed by atoms with E-state index >= 15 is 0 Å². The highest BCUT2D eigenvalue weighted by Gasteiger charge is 2.30. The molecule has 1 aromatic carbocycles. The first-order valence-electron chi connectivity index (χ1n) is 4.61. The normalized spacial score (nSPS) is 13.2. The van der Waals surface area contributed by atoms with Crippen LogP contribution in [-0.2, 0) is 4.79 Å². The van der Waals surface area contributed by atoms with Crippen LogP contribution >= 0.6 is 15.9 Å². The first-order valence-corrected chi connectivity index (χ1v) is 5.40. The van der Waals surface area contributed by atoms with Gasteiger partial charge >= 0.3 is 5.97 Å². The second-order valence-electron chi connectivity index (χ2n) is 3.24. The molecule has 0 bridgehead atoms. The van der Waals surface area contributed by atoms with Crippen molar-refractivity contribution in [2.24, 2.45) is 0 Å². The number of carbonyl (C=O) groups is 2. The van der Waals surface area contributed by atoms with Crippen LogP contribution in [0.5, 0.6) is 17.2 Å². The summed E-state index contributed by atoms with van der Waals surface area (Å²) in [5.74, 6) is -3.20. The number of phenolic OH excluding ortho intramolecular Hbond substituents is 1. The van der Waals surface area contributed by atoms with Gasteiger partial charge in [0, 0.05) is 6.07 Å². The monoisotopic (exact) mass is 302 g/mol. The molecule has 0 spiro atoms. The zero-order valence-corrected chi connectivity index (χ0v) is 9.98. The Morgan fingerprint density at radius 1 is 1.29 bits per heavy atom. The van der Waals surface area contributed by atoms with Crippen LogP contribution in [0.1, 0.15) is 10.4 Å². The largest absolute Gasteiger partial charge is 0.506 e. The van der Waals surface area contributed by atoms with Gasteiger partial charge in [0.1, 0.15) is 24.5 Å². The lowest BCUT2D eigenvalue weighted by Crippen LogP contribution is -2.20. The third kappa shape index (κ3) is 1.93. The Morgan fingerprint density at radius 3 is 2.59 bits per heavy atom. The molecule has 1 aromatic rings. The second-order valence-corrected chi connectivity index (χ2v) is 4.09. The van der Waals surface area contributed by atoms with Gasteiger partial charge in [-0.25, -0.2) is 4.79 Å². The van der Waals surface area contributed by atoms with Gasteiger partial charge in [0.2, 0.25) is 0 Å². The summed E-state index contributed by atoms with van der Waals surface area (Å²) in [5, 5.41) is 18.4. The maximum atomic E-state index is 11.5. The molecule has 0 radical (unpaired) electrons. The summed E-state index contributed by atoms with van der Waals surface area (Å²) in [6.45, 7) is 0.485. The van der Waals surface area contributed by atoms with E-state index in [-0.39, 0.29) is 22.6 Å². The van der Waals surface area contributed by atoms with Crippen LogP contribution in [0, 0.1) is 0 Å². The summed E-state index contributed by atoms with van der Waals surface area (Å²) >= 11 is 3.01. The Balaban J connectivity index is 2.66. The first-order chi connectivity index (χ1) is 8.02. The van der Waals surface area contributed by atoms with Crippen molar-refractivity contribution in [2.45, 2.75) is 0 Å². The number of rotatable bonds is 2. The number of carboxylic acid groups (broad SMARTS) is 1. The van der Waals surface area contributed by atoms with Gasteiger partial charge < -0.3 is 19.7 Å². The molecular formula is C10H7BrO6. The summed E-state index contributed by atoms with van der Waals surface area (Å²) in [6.07, 6.45) is 0. The predicted octanol–water partition coefficient (Wildman–Crippen LogP) is 1.19. The van der Waals surface area contributed by atoms with Crippen molar-refractivity contribution in [1.82, 2.24) is 0 Å². The molecule has 0 amide bonds. The van der Waals surface area contributed by atoms with E-state index in [0.717, 1.165) is 0 Å². The molecular weight excluding hydrogens is 296 g/mol. The van der Waals surface area contributed by atoms with Crippen LogP contribution in [-0.4, -0.2) is 35.2 Å². The first kappa shape index (κ1) is 11.7. The fraction of sp³-hybridized carbons (Fsp3) is 0.200. The Hall–Kier alpha value is -1.76. The summed E-state index contributed by atoms with van der Waals surface area (Å²) in [6, 6.07) is 1.42. The lowest BCUT2D eigenvalue weighted by atomic mass is 10.1. The molecule has 0 fully saturated rings. The molecule has 0 aliphatic carbocycles. The van der Waals surface area contributed by atoms with E-state index in [0.29, 0.717) is 6.61 Å². The van der Waals surface area contributed by atoms with E-state index in [4.69, 9.17) is 14.6 Å². The van der Waals surface area contributed by atoms with Crippen LogP contribution in [0.3, 0.4) is 0 Å². The average Bonchev–Trinajstić information content (AvgIpc) is 2.30. The van der Waals surface area contributed by atoms with E-state index in [9.17, 15) is 14.7 Å². The lowest BCUT2D eigenvalue weighted by molar-refractivity contribution is -0.131. The number of carbonyl (C=O) groups excluding carboxylic acids is 1. The molecule has 0 saturated heterocycles. The van der Waals surface area contributed by atoms with Crippen LogP contribution in [0.15, 0.2) is 10.5 Å². The molecule has 0 aromatic heterocycles. The third-order valence-corrected chi connectivity index (χ3v) is 2.78. The van der Waals surface area contributed by atoms with E-state index in [1.54, 1.807) is 0 Å². The molecule has 0 atom stereocenters. The predicted molar refractivity (Wildman–Crippen MR) is 58.8 cm³/mol. The van der Waals surface area contributed by atoms with Crippen LogP contribution in [0.4, 0.5) is 0 Å². The van der Waals surface area contributed by atoms with Crippen molar-refractivity contribution in [1.29, 1.82) is 0 Å². The lowest BCUT2D eigenvalue weighted by Gasteiger charge is -2.21.